The summed E-state index contributed by atoms with van der Waals surface area (Å²) >= 11 is 0. The van der Waals surface area contributed by atoms with E-state index in [9.17, 15) is 0 Å². The number of methoxy groups -OCH3 is 1. The van der Waals surface area contributed by atoms with Crippen LogP contribution in [0.5, 0.6) is 11.5 Å². The van der Waals surface area contributed by atoms with E-state index in [2.05, 4.69) is 32.1 Å². The molecular formula is C23H27NO3. The van der Waals surface area contributed by atoms with Crippen molar-refractivity contribution in [1.29, 1.82) is 0 Å². The van der Waals surface area contributed by atoms with E-state index >= 15 is 0 Å². The van der Waals surface area contributed by atoms with Crippen LogP contribution in [0.15, 0.2) is 72.5 Å². The van der Waals surface area contributed by atoms with Crippen molar-refractivity contribution < 1.29 is 14.3 Å². The summed E-state index contributed by atoms with van der Waals surface area (Å²) in [6, 6.07) is 16.2. The van der Waals surface area contributed by atoms with Crippen LogP contribution in [0, 0.1) is 0 Å². The quantitative estimate of drug-likeness (QED) is 0.654. The van der Waals surface area contributed by atoms with Gasteiger partial charge in [0.05, 0.1) is 13.2 Å². The maximum atomic E-state index is 6.21. The van der Waals surface area contributed by atoms with Gasteiger partial charge in [0.25, 0.3) is 0 Å². The molecule has 0 saturated heterocycles. The molecule has 0 spiro atoms. The van der Waals surface area contributed by atoms with Gasteiger partial charge in [-0.05, 0) is 50.1 Å². The van der Waals surface area contributed by atoms with E-state index < -0.39 is 0 Å². The Kier molecular flexibility index (Phi) is 6.20. The zero-order valence-electron chi connectivity index (χ0n) is 16.4. The Labute approximate surface area is 161 Å². The standard InChI is InChI=1S/C23H27NO3/c1-17-9-8-10-18(2)24(17)27-19(3)21-13-14-22(25-4)23(15-21)26-16-20-11-6-5-7-12-20/h5-15,17,19H,16H2,1-4H3. The zero-order chi connectivity index (χ0) is 19.2. The van der Waals surface area contributed by atoms with Gasteiger partial charge in [-0.25, -0.2) is 0 Å². The van der Waals surface area contributed by atoms with Crippen molar-refractivity contribution in [2.75, 3.05) is 7.11 Å². The number of allylic oxidation sites excluding steroid dienone is 3. The normalized spacial score (nSPS) is 17.4. The van der Waals surface area contributed by atoms with Gasteiger partial charge in [0.15, 0.2) is 11.5 Å². The van der Waals surface area contributed by atoms with Crippen molar-refractivity contribution in [3.8, 4) is 11.5 Å². The number of benzene rings is 2. The molecule has 0 N–H and O–H groups in total. The lowest BCUT2D eigenvalue weighted by Gasteiger charge is -2.33. The molecule has 0 radical (unpaired) electrons. The second-order valence-corrected chi connectivity index (χ2v) is 6.69. The predicted octanol–water partition coefficient (Wildman–Crippen LogP) is 5.43. The van der Waals surface area contributed by atoms with Gasteiger partial charge in [0.2, 0.25) is 0 Å². The van der Waals surface area contributed by atoms with Gasteiger partial charge >= 0.3 is 0 Å². The fraction of sp³-hybridized carbons (Fsp3) is 0.304. The third-order valence-corrected chi connectivity index (χ3v) is 4.61. The first-order valence-corrected chi connectivity index (χ1v) is 9.24. The molecule has 2 unspecified atom stereocenters. The lowest BCUT2D eigenvalue weighted by Crippen LogP contribution is -2.32. The Morgan fingerprint density at radius 1 is 1.07 bits per heavy atom. The number of ether oxygens (including phenoxy) is 2. The highest BCUT2D eigenvalue weighted by Gasteiger charge is 2.20. The van der Waals surface area contributed by atoms with Gasteiger partial charge in [-0.1, -0.05) is 48.6 Å². The Bertz CT molecular complexity index is 814. The lowest BCUT2D eigenvalue weighted by molar-refractivity contribution is -0.184. The molecule has 0 saturated carbocycles. The molecule has 2 aromatic rings. The Morgan fingerprint density at radius 2 is 1.85 bits per heavy atom. The van der Waals surface area contributed by atoms with E-state index in [1.165, 1.54) is 0 Å². The first-order chi connectivity index (χ1) is 13.1. The van der Waals surface area contributed by atoms with Gasteiger partial charge in [0.1, 0.15) is 12.7 Å². The molecule has 1 aliphatic heterocycles. The fourth-order valence-corrected chi connectivity index (χ4v) is 3.03. The predicted molar refractivity (Wildman–Crippen MR) is 107 cm³/mol. The van der Waals surface area contributed by atoms with Crippen LogP contribution >= 0.6 is 0 Å². The number of hydroxylamine groups is 2. The maximum absolute atomic E-state index is 6.21. The summed E-state index contributed by atoms with van der Waals surface area (Å²) in [5.41, 5.74) is 3.24. The Hall–Kier alpha value is -2.72. The summed E-state index contributed by atoms with van der Waals surface area (Å²) in [4.78, 5) is 6.21. The molecule has 1 aliphatic rings. The van der Waals surface area contributed by atoms with Crippen molar-refractivity contribution in [1.82, 2.24) is 5.06 Å². The minimum absolute atomic E-state index is 0.118. The van der Waals surface area contributed by atoms with Crippen LogP contribution in [-0.2, 0) is 11.4 Å². The van der Waals surface area contributed by atoms with Crippen molar-refractivity contribution in [3.05, 3.63) is 83.6 Å². The summed E-state index contributed by atoms with van der Waals surface area (Å²) in [6.07, 6.45) is 6.11. The van der Waals surface area contributed by atoms with E-state index in [-0.39, 0.29) is 12.1 Å². The summed E-state index contributed by atoms with van der Waals surface area (Å²) < 4.78 is 11.5. The van der Waals surface area contributed by atoms with Crippen LogP contribution in [0.2, 0.25) is 0 Å². The molecule has 142 valence electrons. The highest BCUT2D eigenvalue weighted by Crippen LogP contribution is 2.33. The van der Waals surface area contributed by atoms with Crippen LogP contribution in [0.3, 0.4) is 0 Å². The van der Waals surface area contributed by atoms with E-state index in [0.717, 1.165) is 16.8 Å². The lowest BCUT2D eigenvalue weighted by atomic mass is 10.1. The van der Waals surface area contributed by atoms with Gasteiger partial charge < -0.3 is 9.47 Å². The van der Waals surface area contributed by atoms with Gasteiger partial charge in [-0.15, -0.1) is 0 Å². The zero-order valence-corrected chi connectivity index (χ0v) is 16.4. The Morgan fingerprint density at radius 3 is 2.56 bits per heavy atom. The summed E-state index contributed by atoms with van der Waals surface area (Å²) in [5, 5.41) is 1.94. The molecule has 0 amide bonds. The molecule has 0 aliphatic carbocycles. The molecule has 0 bridgehead atoms. The largest absolute Gasteiger partial charge is 0.493 e. The van der Waals surface area contributed by atoms with Gasteiger partial charge in [0, 0.05) is 5.70 Å². The van der Waals surface area contributed by atoms with E-state index in [0.29, 0.717) is 18.1 Å². The molecule has 4 nitrogen and oxygen atoms in total. The molecule has 2 atom stereocenters. The number of rotatable bonds is 7. The van der Waals surface area contributed by atoms with Crippen LogP contribution in [0.1, 0.15) is 38.0 Å². The number of nitrogens with zero attached hydrogens (tertiary/aromatic N) is 1. The summed E-state index contributed by atoms with van der Waals surface area (Å²) in [5.74, 6) is 1.43. The van der Waals surface area contributed by atoms with Crippen molar-refractivity contribution >= 4 is 0 Å². The molecule has 27 heavy (non-hydrogen) atoms. The van der Waals surface area contributed by atoms with Crippen LogP contribution in [-0.4, -0.2) is 18.2 Å². The minimum atomic E-state index is -0.118. The van der Waals surface area contributed by atoms with E-state index in [1.807, 2.05) is 60.5 Å². The highest BCUT2D eigenvalue weighted by atomic mass is 16.7. The van der Waals surface area contributed by atoms with Crippen LogP contribution in [0.25, 0.3) is 0 Å². The minimum Gasteiger partial charge on any atom is -0.493 e. The molecule has 4 heteroatoms. The summed E-state index contributed by atoms with van der Waals surface area (Å²) in [6.45, 7) is 6.70. The van der Waals surface area contributed by atoms with Gasteiger partial charge in [-0.3, -0.25) is 9.90 Å². The monoisotopic (exact) mass is 365 g/mol. The highest BCUT2D eigenvalue weighted by molar-refractivity contribution is 5.43. The first kappa shape index (κ1) is 19.1. The van der Waals surface area contributed by atoms with Crippen molar-refractivity contribution in [2.24, 2.45) is 0 Å². The average molecular weight is 365 g/mol. The van der Waals surface area contributed by atoms with Gasteiger partial charge in [-0.2, -0.15) is 0 Å². The maximum Gasteiger partial charge on any atom is 0.162 e. The van der Waals surface area contributed by atoms with E-state index in [4.69, 9.17) is 14.3 Å². The second-order valence-electron chi connectivity index (χ2n) is 6.69. The van der Waals surface area contributed by atoms with Crippen molar-refractivity contribution in [3.63, 3.8) is 0 Å². The number of hydrogen-bond donors (Lipinski definition) is 0. The molecule has 1 heterocycles. The molecule has 0 fully saturated rings. The average Bonchev–Trinajstić information content (AvgIpc) is 2.69. The molecule has 0 aromatic heterocycles. The van der Waals surface area contributed by atoms with Crippen LogP contribution < -0.4 is 9.47 Å². The smallest absolute Gasteiger partial charge is 0.162 e. The summed E-state index contributed by atoms with van der Waals surface area (Å²) in [7, 11) is 1.65. The van der Waals surface area contributed by atoms with Crippen LogP contribution in [0.4, 0.5) is 0 Å². The SMILES string of the molecule is COc1ccc(C(C)ON2C(C)=CC=CC2C)cc1OCc1ccccc1. The van der Waals surface area contributed by atoms with Crippen molar-refractivity contribution in [2.45, 2.75) is 39.5 Å². The van der Waals surface area contributed by atoms with E-state index in [1.54, 1.807) is 7.11 Å². The molecule has 3 rings (SSSR count). The second kappa shape index (κ2) is 8.78. The molecular weight excluding hydrogens is 338 g/mol. The topological polar surface area (TPSA) is 30.9 Å². The third-order valence-electron chi connectivity index (χ3n) is 4.61. The first-order valence-electron chi connectivity index (χ1n) is 9.24. The fourth-order valence-electron chi connectivity index (χ4n) is 3.03. The third kappa shape index (κ3) is 4.72. The Balaban J connectivity index is 1.73. The molecule has 2 aromatic carbocycles. The number of hydrogen-bond acceptors (Lipinski definition) is 4.